The predicted molar refractivity (Wildman–Crippen MR) is 70.0 cm³/mol. The Morgan fingerprint density at radius 2 is 2.47 bits per heavy atom. The lowest BCUT2D eigenvalue weighted by molar-refractivity contribution is 0.0806. The number of anilines is 1. The standard InChI is InChI=1S/C12H14BrN3O/c13-10-2-1-9(6-14)12(5-10)16-7-11-8-17-4-3-15-11/h1-2,5,11,15-16H,3-4,7-8H2. The molecule has 17 heavy (non-hydrogen) atoms. The maximum absolute atomic E-state index is 9.00. The van der Waals surface area contributed by atoms with Crippen molar-refractivity contribution in [1.29, 1.82) is 5.26 Å². The third kappa shape index (κ3) is 3.43. The second-order valence-electron chi connectivity index (χ2n) is 3.91. The molecule has 0 aliphatic carbocycles. The number of rotatable bonds is 3. The Kier molecular flexibility index (Phi) is 4.37. The quantitative estimate of drug-likeness (QED) is 0.892. The predicted octanol–water partition coefficient (Wildman–Crippen LogP) is 1.72. The maximum Gasteiger partial charge on any atom is 0.101 e. The Morgan fingerprint density at radius 1 is 1.59 bits per heavy atom. The molecule has 1 saturated heterocycles. The second-order valence-corrected chi connectivity index (χ2v) is 4.82. The number of morpholine rings is 1. The van der Waals surface area contributed by atoms with Gasteiger partial charge in [-0.05, 0) is 18.2 Å². The van der Waals surface area contributed by atoms with Gasteiger partial charge in [0.1, 0.15) is 6.07 Å². The number of hydrogen-bond acceptors (Lipinski definition) is 4. The van der Waals surface area contributed by atoms with Gasteiger partial charge < -0.3 is 15.4 Å². The first-order valence-corrected chi connectivity index (χ1v) is 6.33. The second kappa shape index (κ2) is 6.01. The minimum atomic E-state index is 0.300. The van der Waals surface area contributed by atoms with Gasteiger partial charge in [0.25, 0.3) is 0 Å². The van der Waals surface area contributed by atoms with Crippen molar-refractivity contribution in [3.63, 3.8) is 0 Å². The fourth-order valence-corrected chi connectivity index (χ4v) is 2.11. The highest BCUT2D eigenvalue weighted by atomic mass is 79.9. The van der Waals surface area contributed by atoms with Crippen LogP contribution in [0.2, 0.25) is 0 Å². The molecule has 2 N–H and O–H groups in total. The van der Waals surface area contributed by atoms with Crippen LogP contribution < -0.4 is 10.6 Å². The number of benzene rings is 1. The zero-order chi connectivity index (χ0) is 12.1. The van der Waals surface area contributed by atoms with Crippen molar-refractivity contribution in [1.82, 2.24) is 5.32 Å². The van der Waals surface area contributed by atoms with E-state index < -0.39 is 0 Å². The molecule has 4 nitrogen and oxygen atoms in total. The van der Waals surface area contributed by atoms with E-state index in [1.807, 2.05) is 12.1 Å². The van der Waals surface area contributed by atoms with Crippen LogP contribution in [0.5, 0.6) is 0 Å². The summed E-state index contributed by atoms with van der Waals surface area (Å²) in [6, 6.07) is 8.06. The summed E-state index contributed by atoms with van der Waals surface area (Å²) in [5.41, 5.74) is 1.51. The van der Waals surface area contributed by atoms with Crippen LogP contribution in [0.15, 0.2) is 22.7 Å². The normalized spacial score (nSPS) is 19.6. The van der Waals surface area contributed by atoms with Crippen molar-refractivity contribution in [2.75, 3.05) is 31.6 Å². The number of nitrogens with one attached hydrogen (secondary N) is 2. The van der Waals surface area contributed by atoms with Crippen LogP contribution in [0.25, 0.3) is 0 Å². The molecule has 1 fully saturated rings. The zero-order valence-corrected chi connectivity index (χ0v) is 11.0. The molecule has 0 radical (unpaired) electrons. The SMILES string of the molecule is N#Cc1ccc(Br)cc1NCC1COCCN1. The van der Waals surface area contributed by atoms with Gasteiger partial charge in [0.15, 0.2) is 0 Å². The van der Waals surface area contributed by atoms with E-state index in [9.17, 15) is 0 Å². The molecule has 90 valence electrons. The van der Waals surface area contributed by atoms with E-state index in [0.29, 0.717) is 18.2 Å². The van der Waals surface area contributed by atoms with Gasteiger partial charge in [0, 0.05) is 23.6 Å². The third-order valence-corrected chi connectivity index (χ3v) is 3.13. The summed E-state index contributed by atoms with van der Waals surface area (Å²) in [5, 5.41) is 15.6. The number of halogens is 1. The monoisotopic (exact) mass is 295 g/mol. The minimum absolute atomic E-state index is 0.300. The highest BCUT2D eigenvalue weighted by Crippen LogP contribution is 2.20. The topological polar surface area (TPSA) is 57.1 Å². The largest absolute Gasteiger partial charge is 0.382 e. The lowest BCUT2D eigenvalue weighted by Gasteiger charge is -2.24. The Balaban J connectivity index is 1.98. The van der Waals surface area contributed by atoms with Crippen LogP contribution in [0.3, 0.4) is 0 Å². The third-order valence-electron chi connectivity index (χ3n) is 2.64. The average molecular weight is 296 g/mol. The van der Waals surface area contributed by atoms with Gasteiger partial charge in [-0.2, -0.15) is 5.26 Å². The van der Waals surface area contributed by atoms with Gasteiger partial charge in [-0.3, -0.25) is 0 Å². The first-order chi connectivity index (χ1) is 8.29. The first kappa shape index (κ1) is 12.4. The molecule has 2 rings (SSSR count). The maximum atomic E-state index is 9.00. The summed E-state index contributed by atoms with van der Waals surface area (Å²) in [5.74, 6) is 0. The fourth-order valence-electron chi connectivity index (χ4n) is 1.74. The van der Waals surface area contributed by atoms with Crippen molar-refractivity contribution in [3.05, 3.63) is 28.2 Å². The van der Waals surface area contributed by atoms with E-state index in [2.05, 4.69) is 32.6 Å². The number of nitriles is 1. The lowest BCUT2D eigenvalue weighted by atomic mass is 10.2. The molecule has 1 aliphatic rings. The van der Waals surface area contributed by atoms with Gasteiger partial charge in [-0.25, -0.2) is 0 Å². The summed E-state index contributed by atoms with van der Waals surface area (Å²) in [6.45, 7) is 3.13. The Hall–Kier alpha value is -1.09. The van der Waals surface area contributed by atoms with Gasteiger partial charge in [0.2, 0.25) is 0 Å². The molecule has 1 aromatic carbocycles. The molecule has 0 spiro atoms. The van der Waals surface area contributed by atoms with Crippen molar-refractivity contribution in [3.8, 4) is 6.07 Å². The summed E-state index contributed by atoms with van der Waals surface area (Å²) < 4.78 is 6.34. The van der Waals surface area contributed by atoms with Crippen LogP contribution in [0, 0.1) is 11.3 Å². The molecule has 1 heterocycles. The molecule has 1 aromatic rings. The fraction of sp³-hybridized carbons (Fsp3) is 0.417. The van der Waals surface area contributed by atoms with Gasteiger partial charge >= 0.3 is 0 Å². The molecular formula is C12H14BrN3O. The van der Waals surface area contributed by atoms with Gasteiger partial charge in [0.05, 0.1) is 24.5 Å². The molecule has 1 atom stereocenters. The molecule has 0 aromatic heterocycles. The van der Waals surface area contributed by atoms with Crippen molar-refractivity contribution < 1.29 is 4.74 Å². The molecule has 1 aliphatic heterocycles. The average Bonchev–Trinajstić information content (AvgIpc) is 2.38. The van der Waals surface area contributed by atoms with Gasteiger partial charge in [-0.15, -0.1) is 0 Å². The van der Waals surface area contributed by atoms with E-state index in [-0.39, 0.29) is 0 Å². The highest BCUT2D eigenvalue weighted by Gasteiger charge is 2.13. The smallest absolute Gasteiger partial charge is 0.101 e. The van der Waals surface area contributed by atoms with Crippen LogP contribution in [-0.2, 0) is 4.74 Å². The highest BCUT2D eigenvalue weighted by molar-refractivity contribution is 9.10. The van der Waals surface area contributed by atoms with Crippen LogP contribution in [0.4, 0.5) is 5.69 Å². The van der Waals surface area contributed by atoms with E-state index in [1.54, 1.807) is 6.07 Å². The molecule has 0 amide bonds. The van der Waals surface area contributed by atoms with E-state index in [1.165, 1.54) is 0 Å². The van der Waals surface area contributed by atoms with Crippen LogP contribution >= 0.6 is 15.9 Å². The zero-order valence-electron chi connectivity index (χ0n) is 9.37. The number of nitrogens with zero attached hydrogens (tertiary/aromatic N) is 1. The van der Waals surface area contributed by atoms with Crippen LogP contribution in [0.1, 0.15) is 5.56 Å². The summed E-state index contributed by atoms with van der Waals surface area (Å²) in [7, 11) is 0. The van der Waals surface area contributed by atoms with Crippen molar-refractivity contribution in [2.45, 2.75) is 6.04 Å². The lowest BCUT2D eigenvalue weighted by Crippen LogP contribution is -2.45. The summed E-state index contributed by atoms with van der Waals surface area (Å²) >= 11 is 3.40. The Morgan fingerprint density at radius 3 is 3.18 bits per heavy atom. The Labute approximate surface area is 109 Å². The number of ether oxygens (including phenoxy) is 1. The number of hydrogen-bond donors (Lipinski definition) is 2. The van der Waals surface area contributed by atoms with E-state index in [4.69, 9.17) is 10.00 Å². The molecular weight excluding hydrogens is 282 g/mol. The first-order valence-electron chi connectivity index (χ1n) is 5.54. The molecule has 0 saturated carbocycles. The van der Waals surface area contributed by atoms with Crippen molar-refractivity contribution >= 4 is 21.6 Å². The molecule has 1 unspecified atom stereocenters. The minimum Gasteiger partial charge on any atom is -0.382 e. The van der Waals surface area contributed by atoms with Crippen LogP contribution in [-0.4, -0.2) is 32.3 Å². The van der Waals surface area contributed by atoms with E-state index >= 15 is 0 Å². The molecule has 5 heteroatoms. The molecule has 0 bridgehead atoms. The Bertz CT molecular complexity index is 424. The van der Waals surface area contributed by atoms with Crippen molar-refractivity contribution in [2.24, 2.45) is 0 Å². The summed E-state index contributed by atoms with van der Waals surface area (Å²) in [4.78, 5) is 0. The summed E-state index contributed by atoms with van der Waals surface area (Å²) in [6.07, 6.45) is 0. The van der Waals surface area contributed by atoms with E-state index in [0.717, 1.165) is 29.9 Å². The van der Waals surface area contributed by atoms with Gasteiger partial charge in [-0.1, -0.05) is 15.9 Å².